The third-order valence-electron chi connectivity index (χ3n) is 3.23. The summed E-state index contributed by atoms with van der Waals surface area (Å²) < 4.78 is 43.3. The quantitative estimate of drug-likeness (QED) is 0.593. The zero-order valence-electron chi connectivity index (χ0n) is 13.4. The number of benzene rings is 1. The van der Waals surface area contributed by atoms with Crippen molar-refractivity contribution in [2.24, 2.45) is 0 Å². The fraction of sp³-hybridized carbons (Fsp3) is 0.375. The minimum absolute atomic E-state index is 0.0825. The monoisotopic (exact) mass is 374 g/mol. The first-order valence-electron chi connectivity index (χ1n) is 7.59. The third-order valence-corrected chi connectivity index (χ3v) is 4.33. The maximum Gasteiger partial charge on any atom is 0.416 e. The fourth-order valence-electron chi connectivity index (χ4n) is 2.04. The molecule has 0 saturated heterocycles. The van der Waals surface area contributed by atoms with Crippen LogP contribution in [-0.2, 0) is 20.5 Å². The Kier molecular flexibility index (Phi) is 6.49. The molecule has 2 N–H and O–H groups in total. The molecule has 0 saturated carbocycles. The van der Waals surface area contributed by atoms with Gasteiger partial charge in [0, 0.05) is 30.7 Å². The van der Waals surface area contributed by atoms with Crippen LogP contribution in [-0.4, -0.2) is 31.6 Å². The summed E-state index contributed by atoms with van der Waals surface area (Å²) in [6, 6.07) is 3.09. The van der Waals surface area contributed by atoms with Crippen LogP contribution in [0.2, 0.25) is 0 Å². The molecule has 1 heterocycles. The fourth-order valence-corrected chi connectivity index (χ4v) is 2.94. The molecule has 0 aromatic heterocycles. The second-order valence-corrected chi connectivity index (χ2v) is 6.20. The first kappa shape index (κ1) is 19.3. The van der Waals surface area contributed by atoms with Gasteiger partial charge in [-0.3, -0.25) is 9.59 Å². The molecule has 0 radical (unpaired) electrons. The van der Waals surface area contributed by atoms with Gasteiger partial charge < -0.3 is 15.4 Å². The van der Waals surface area contributed by atoms with Crippen LogP contribution < -0.4 is 10.6 Å². The summed E-state index contributed by atoms with van der Waals surface area (Å²) in [7, 11) is 0. The first-order chi connectivity index (χ1) is 11.8. The van der Waals surface area contributed by atoms with E-state index >= 15 is 0 Å². The lowest BCUT2D eigenvalue weighted by molar-refractivity contribution is -0.137. The van der Waals surface area contributed by atoms with Gasteiger partial charge in [-0.15, -0.1) is 0 Å². The van der Waals surface area contributed by atoms with Gasteiger partial charge in [-0.25, -0.2) is 0 Å². The van der Waals surface area contributed by atoms with Crippen LogP contribution in [0, 0.1) is 0 Å². The maximum absolute atomic E-state index is 12.7. The van der Waals surface area contributed by atoms with Gasteiger partial charge in [0.05, 0.1) is 16.2 Å². The van der Waals surface area contributed by atoms with Crippen molar-refractivity contribution in [2.45, 2.75) is 24.4 Å². The molecule has 0 bridgehead atoms. The number of anilines is 1. The summed E-state index contributed by atoms with van der Waals surface area (Å²) in [4.78, 5) is 24.4. The molecule has 0 fully saturated rings. The highest BCUT2D eigenvalue weighted by Gasteiger charge is 2.32. The zero-order chi connectivity index (χ0) is 18.4. The highest BCUT2D eigenvalue weighted by molar-refractivity contribution is 8.04. The van der Waals surface area contributed by atoms with Gasteiger partial charge in [-0.2, -0.15) is 13.2 Å². The van der Waals surface area contributed by atoms with Crippen molar-refractivity contribution < 1.29 is 27.5 Å². The molecular formula is C16H17F3N2O3S. The number of fused-ring (bicyclic) bond motifs is 1. The number of amides is 2. The van der Waals surface area contributed by atoms with Crippen LogP contribution in [0.25, 0.3) is 0 Å². The predicted molar refractivity (Wildman–Crippen MR) is 88.1 cm³/mol. The van der Waals surface area contributed by atoms with Gasteiger partial charge in [-0.1, -0.05) is 11.8 Å². The molecule has 5 nitrogen and oxygen atoms in total. The number of nitrogens with one attached hydrogen (secondary N) is 2. The minimum atomic E-state index is -4.48. The Balaban J connectivity index is 2.01. The number of rotatable bonds is 6. The molecule has 2 amide bonds. The molecule has 0 spiro atoms. The normalized spacial score (nSPS) is 15.7. The third kappa shape index (κ3) is 5.50. The number of hydrogen-bond acceptors (Lipinski definition) is 4. The minimum Gasteiger partial charge on any atom is -0.382 e. The van der Waals surface area contributed by atoms with Gasteiger partial charge in [0.25, 0.3) is 5.91 Å². The van der Waals surface area contributed by atoms with E-state index in [9.17, 15) is 22.8 Å². The predicted octanol–water partition coefficient (Wildman–Crippen LogP) is 3.18. The Labute approximate surface area is 147 Å². The Hall–Kier alpha value is -2.00. The van der Waals surface area contributed by atoms with E-state index in [1.54, 1.807) is 0 Å². The second-order valence-electron chi connectivity index (χ2n) is 5.11. The van der Waals surface area contributed by atoms with Crippen molar-refractivity contribution in [3.05, 3.63) is 34.7 Å². The summed E-state index contributed by atoms with van der Waals surface area (Å²) in [6.07, 6.45) is -2.70. The van der Waals surface area contributed by atoms with Gasteiger partial charge in [-0.05, 0) is 31.5 Å². The largest absolute Gasteiger partial charge is 0.416 e. The highest BCUT2D eigenvalue weighted by atomic mass is 32.2. The molecule has 0 atom stereocenters. The Morgan fingerprint density at radius 1 is 1.40 bits per heavy atom. The summed E-state index contributed by atoms with van der Waals surface area (Å²) in [5.41, 5.74) is -0.759. The van der Waals surface area contributed by atoms with Gasteiger partial charge in [0.15, 0.2) is 0 Å². The van der Waals surface area contributed by atoms with Crippen LogP contribution in [0.3, 0.4) is 0 Å². The standard InChI is InChI=1S/C16H17F3N2O3S/c1-2-24-7-3-6-20-14(22)9-13-15(23)21-11-8-10(16(17,18)19)4-5-12(11)25-13/h4-5,8-9H,2-3,6-7H2,1H3,(H,20,22)(H,21,23)/b13-9+. The summed E-state index contributed by atoms with van der Waals surface area (Å²) in [6.45, 7) is 3.40. The van der Waals surface area contributed by atoms with Crippen LogP contribution in [0.1, 0.15) is 18.9 Å². The molecule has 2 rings (SSSR count). The van der Waals surface area contributed by atoms with Crippen LogP contribution in [0.15, 0.2) is 34.1 Å². The topological polar surface area (TPSA) is 67.4 Å². The van der Waals surface area contributed by atoms with Crippen molar-refractivity contribution >= 4 is 29.3 Å². The van der Waals surface area contributed by atoms with E-state index in [1.807, 2.05) is 6.92 Å². The van der Waals surface area contributed by atoms with Crippen LogP contribution in [0.4, 0.5) is 18.9 Å². The van der Waals surface area contributed by atoms with Crippen molar-refractivity contribution in [3.63, 3.8) is 0 Å². The van der Waals surface area contributed by atoms with Crippen molar-refractivity contribution in [1.82, 2.24) is 5.32 Å². The van der Waals surface area contributed by atoms with E-state index < -0.39 is 23.6 Å². The number of ether oxygens (including phenoxy) is 1. The molecule has 1 aromatic carbocycles. The molecule has 1 aliphatic rings. The Morgan fingerprint density at radius 3 is 2.84 bits per heavy atom. The van der Waals surface area contributed by atoms with Crippen LogP contribution in [0.5, 0.6) is 0 Å². The molecule has 25 heavy (non-hydrogen) atoms. The number of halogens is 3. The van der Waals surface area contributed by atoms with E-state index in [1.165, 1.54) is 6.07 Å². The average Bonchev–Trinajstić information content (AvgIpc) is 2.54. The number of thioether (sulfide) groups is 1. The lowest BCUT2D eigenvalue weighted by Gasteiger charge is -2.20. The smallest absolute Gasteiger partial charge is 0.382 e. The SMILES string of the molecule is CCOCCCNC(=O)/C=C1/Sc2ccc(C(F)(F)F)cc2NC1=O. The molecule has 9 heteroatoms. The second kappa shape index (κ2) is 8.39. The molecular weight excluding hydrogens is 357 g/mol. The lowest BCUT2D eigenvalue weighted by atomic mass is 10.2. The summed E-state index contributed by atoms with van der Waals surface area (Å²) >= 11 is 0.956. The summed E-state index contributed by atoms with van der Waals surface area (Å²) in [5, 5.41) is 5.01. The van der Waals surface area contributed by atoms with Crippen molar-refractivity contribution in [3.8, 4) is 0 Å². The molecule has 136 valence electrons. The zero-order valence-corrected chi connectivity index (χ0v) is 14.2. The lowest BCUT2D eigenvalue weighted by Crippen LogP contribution is -2.25. The summed E-state index contributed by atoms with van der Waals surface area (Å²) in [5.74, 6) is -1.05. The highest BCUT2D eigenvalue weighted by Crippen LogP contribution is 2.41. The number of carbonyl (C=O) groups excluding carboxylic acids is 2. The van der Waals surface area contributed by atoms with E-state index in [-0.39, 0.29) is 10.6 Å². The molecule has 1 aliphatic heterocycles. The average molecular weight is 374 g/mol. The maximum atomic E-state index is 12.7. The van der Waals surface area contributed by atoms with Crippen molar-refractivity contribution in [2.75, 3.05) is 25.1 Å². The van der Waals surface area contributed by atoms with E-state index in [0.29, 0.717) is 31.1 Å². The van der Waals surface area contributed by atoms with E-state index in [4.69, 9.17) is 4.74 Å². The first-order valence-corrected chi connectivity index (χ1v) is 8.40. The molecule has 1 aromatic rings. The number of hydrogen-bond donors (Lipinski definition) is 2. The number of alkyl halides is 3. The van der Waals surface area contributed by atoms with Crippen molar-refractivity contribution in [1.29, 1.82) is 0 Å². The molecule has 0 unspecified atom stereocenters. The van der Waals surface area contributed by atoms with E-state index in [0.717, 1.165) is 30.0 Å². The van der Waals surface area contributed by atoms with Gasteiger partial charge in [0.2, 0.25) is 5.91 Å². The van der Waals surface area contributed by atoms with Gasteiger partial charge >= 0.3 is 6.18 Å². The van der Waals surface area contributed by atoms with Crippen LogP contribution >= 0.6 is 11.8 Å². The Bertz CT molecular complexity index is 690. The van der Waals surface area contributed by atoms with Gasteiger partial charge in [0.1, 0.15) is 0 Å². The van der Waals surface area contributed by atoms with E-state index in [2.05, 4.69) is 10.6 Å². The number of carbonyl (C=O) groups is 2. The Morgan fingerprint density at radius 2 is 2.16 bits per heavy atom. The molecule has 0 aliphatic carbocycles.